The Kier molecular flexibility index (Phi) is 6.18. The Hall–Kier alpha value is -1.91. The number of halogens is 2. The summed E-state index contributed by atoms with van der Waals surface area (Å²) in [7, 11) is 0. The molecule has 3 aromatic rings. The van der Waals surface area contributed by atoms with Crippen LogP contribution in [0.3, 0.4) is 0 Å². The molecule has 2 aromatic carbocycles. The van der Waals surface area contributed by atoms with Gasteiger partial charge in [-0.15, -0.1) is 0 Å². The second-order valence-electron chi connectivity index (χ2n) is 6.75. The van der Waals surface area contributed by atoms with Crippen LogP contribution in [0, 0.1) is 6.92 Å². The van der Waals surface area contributed by atoms with Crippen molar-refractivity contribution in [1.29, 1.82) is 0 Å². The quantitative estimate of drug-likeness (QED) is 0.418. The monoisotopic (exact) mass is 443 g/mol. The van der Waals surface area contributed by atoms with E-state index in [4.69, 9.17) is 21.6 Å². The molecule has 0 aliphatic rings. The van der Waals surface area contributed by atoms with Gasteiger partial charge in [-0.1, -0.05) is 55.8 Å². The molecule has 1 heterocycles. The molecule has 0 aliphatic carbocycles. The molecule has 0 atom stereocenters. The van der Waals surface area contributed by atoms with E-state index in [0.29, 0.717) is 16.9 Å². The smallest absolute Gasteiger partial charge is 0.230 e. The van der Waals surface area contributed by atoms with Gasteiger partial charge in [0.25, 0.3) is 0 Å². The molecule has 0 radical (unpaired) electrons. The number of aryl methyl sites for hydroxylation is 1. The molecule has 0 bridgehead atoms. The minimum atomic E-state index is 0.426. The summed E-state index contributed by atoms with van der Waals surface area (Å²) in [6.07, 6.45) is 0. The third-order valence-corrected chi connectivity index (χ3v) is 5.66. The zero-order valence-corrected chi connectivity index (χ0v) is 18.3. The van der Waals surface area contributed by atoms with Crippen molar-refractivity contribution in [1.82, 2.24) is 9.97 Å². The third kappa shape index (κ3) is 4.17. The van der Waals surface area contributed by atoms with Crippen LogP contribution in [0.4, 0.5) is 11.6 Å². The fraction of sp³-hybridized carbons (Fsp3) is 0.273. The topological polar surface area (TPSA) is 29.0 Å². The predicted molar refractivity (Wildman–Crippen MR) is 118 cm³/mol. The van der Waals surface area contributed by atoms with Crippen LogP contribution in [0.5, 0.6) is 0 Å². The third-order valence-electron chi connectivity index (χ3n) is 4.47. The van der Waals surface area contributed by atoms with Crippen LogP contribution >= 0.6 is 27.5 Å². The van der Waals surface area contributed by atoms with Gasteiger partial charge in [0.1, 0.15) is 0 Å². The molecule has 0 saturated heterocycles. The highest BCUT2D eigenvalue weighted by Gasteiger charge is 2.18. The lowest BCUT2D eigenvalue weighted by molar-refractivity contribution is 0.855. The summed E-state index contributed by atoms with van der Waals surface area (Å²) in [5.41, 5.74) is 4.99. The maximum atomic E-state index is 6.39. The Morgan fingerprint density at radius 1 is 1.07 bits per heavy atom. The number of nitrogens with zero attached hydrogens (tertiary/aromatic N) is 3. The van der Waals surface area contributed by atoms with Gasteiger partial charge in [-0.25, -0.2) is 9.97 Å². The first-order valence-corrected chi connectivity index (χ1v) is 10.3. The van der Waals surface area contributed by atoms with Gasteiger partial charge in [-0.05, 0) is 59.5 Å². The molecule has 0 saturated carbocycles. The number of anilines is 2. The van der Waals surface area contributed by atoms with E-state index in [-0.39, 0.29) is 0 Å². The molecule has 0 N–H and O–H groups in total. The van der Waals surface area contributed by atoms with Crippen LogP contribution < -0.4 is 4.90 Å². The first kappa shape index (κ1) is 19.8. The lowest BCUT2D eigenvalue weighted by Gasteiger charge is -2.25. The van der Waals surface area contributed by atoms with Crippen molar-refractivity contribution in [2.75, 3.05) is 11.4 Å². The first-order valence-electron chi connectivity index (χ1n) is 9.09. The molecule has 27 heavy (non-hydrogen) atoms. The summed E-state index contributed by atoms with van der Waals surface area (Å²) in [4.78, 5) is 11.7. The highest BCUT2D eigenvalue weighted by Crippen LogP contribution is 2.37. The molecular weight excluding hydrogens is 422 g/mol. The van der Waals surface area contributed by atoms with Gasteiger partial charge in [-0.2, -0.15) is 0 Å². The zero-order chi connectivity index (χ0) is 19.6. The van der Waals surface area contributed by atoms with Crippen molar-refractivity contribution < 1.29 is 0 Å². The fourth-order valence-corrected chi connectivity index (χ4v) is 4.26. The van der Waals surface area contributed by atoms with Crippen LogP contribution in [-0.2, 0) is 0 Å². The van der Waals surface area contributed by atoms with Gasteiger partial charge in [-0.3, -0.25) is 0 Å². The van der Waals surface area contributed by atoms with Crippen molar-refractivity contribution in [2.24, 2.45) is 0 Å². The fourth-order valence-electron chi connectivity index (χ4n) is 3.09. The highest BCUT2D eigenvalue weighted by atomic mass is 79.9. The van der Waals surface area contributed by atoms with Crippen molar-refractivity contribution >= 4 is 39.2 Å². The molecule has 0 unspecified atom stereocenters. The molecule has 140 valence electrons. The predicted octanol–water partition coefficient (Wildman–Crippen LogP) is 7.15. The molecule has 5 heteroatoms. The van der Waals surface area contributed by atoms with E-state index < -0.39 is 0 Å². The summed E-state index contributed by atoms with van der Waals surface area (Å²) in [6, 6.07) is 16.1. The first-order chi connectivity index (χ1) is 12.9. The molecular formula is C22H23BrClN3. The van der Waals surface area contributed by atoms with Gasteiger partial charge < -0.3 is 4.90 Å². The normalized spacial score (nSPS) is 11.1. The summed E-state index contributed by atoms with van der Waals surface area (Å²) >= 11 is 10.2. The standard InChI is InChI=1S/C22H23BrClN3/c1-5-27(20-12-8-10-16(14(2)3)21(20)23)22-25-15(4)13-19(26-22)17-9-6-7-11-18(17)24/h6-14H,5H2,1-4H3. The number of hydrogen-bond acceptors (Lipinski definition) is 3. The SMILES string of the molecule is CCN(c1nc(C)cc(-c2ccccc2Cl)n1)c1cccc(C(C)C)c1Br. The van der Waals surface area contributed by atoms with Gasteiger partial charge in [0.2, 0.25) is 5.95 Å². The van der Waals surface area contributed by atoms with E-state index in [9.17, 15) is 0 Å². The second kappa shape index (κ2) is 8.41. The number of hydrogen-bond donors (Lipinski definition) is 0. The summed E-state index contributed by atoms with van der Waals surface area (Å²) in [5, 5.41) is 0.688. The molecule has 3 nitrogen and oxygen atoms in total. The molecule has 3 rings (SSSR count). The van der Waals surface area contributed by atoms with Crippen molar-refractivity contribution in [3.05, 3.63) is 69.3 Å². The molecule has 1 aromatic heterocycles. The number of rotatable bonds is 5. The minimum absolute atomic E-state index is 0.426. The maximum Gasteiger partial charge on any atom is 0.230 e. The van der Waals surface area contributed by atoms with Gasteiger partial charge in [0.15, 0.2) is 0 Å². The van der Waals surface area contributed by atoms with Crippen LogP contribution in [0.25, 0.3) is 11.3 Å². The summed E-state index contributed by atoms with van der Waals surface area (Å²) < 4.78 is 1.09. The molecule has 0 fully saturated rings. The number of benzene rings is 2. The van der Waals surface area contributed by atoms with Crippen molar-refractivity contribution in [2.45, 2.75) is 33.6 Å². The van der Waals surface area contributed by atoms with Gasteiger partial charge in [0, 0.05) is 27.3 Å². The van der Waals surface area contributed by atoms with E-state index >= 15 is 0 Å². The summed E-state index contributed by atoms with van der Waals surface area (Å²) in [6.45, 7) is 9.23. The summed E-state index contributed by atoms with van der Waals surface area (Å²) in [5.74, 6) is 1.10. The molecule has 0 aliphatic heterocycles. The Labute approximate surface area is 174 Å². The van der Waals surface area contributed by atoms with Crippen LogP contribution in [0.1, 0.15) is 37.9 Å². The van der Waals surface area contributed by atoms with Gasteiger partial charge >= 0.3 is 0 Å². The highest BCUT2D eigenvalue weighted by molar-refractivity contribution is 9.10. The van der Waals surface area contributed by atoms with E-state index in [1.54, 1.807) is 0 Å². The average Bonchev–Trinajstić information content (AvgIpc) is 2.63. The average molecular weight is 445 g/mol. The molecule has 0 spiro atoms. The van der Waals surface area contributed by atoms with Crippen molar-refractivity contribution in [3.8, 4) is 11.3 Å². The molecule has 0 amide bonds. The van der Waals surface area contributed by atoms with Crippen LogP contribution in [0.15, 0.2) is 53.0 Å². The maximum absolute atomic E-state index is 6.39. The lowest BCUT2D eigenvalue weighted by Crippen LogP contribution is -2.20. The second-order valence-corrected chi connectivity index (χ2v) is 7.95. The Balaban J connectivity index is 2.12. The van der Waals surface area contributed by atoms with Crippen LogP contribution in [0.2, 0.25) is 5.02 Å². The minimum Gasteiger partial charge on any atom is -0.310 e. The number of aromatic nitrogens is 2. The Morgan fingerprint density at radius 3 is 2.48 bits per heavy atom. The Morgan fingerprint density at radius 2 is 1.81 bits per heavy atom. The van der Waals surface area contributed by atoms with E-state index in [1.165, 1.54) is 5.56 Å². The lowest BCUT2D eigenvalue weighted by atomic mass is 10.0. The largest absolute Gasteiger partial charge is 0.310 e. The van der Waals surface area contributed by atoms with Crippen molar-refractivity contribution in [3.63, 3.8) is 0 Å². The van der Waals surface area contributed by atoms with Crippen LogP contribution in [-0.4, -0.2) is 16.5 Å². The van der Waals surface area contributed by atoms with E-state index in [1.807, 2.05) is 37.3 Å². The van der Waals surface area contributed by atoms with E-state index in [2.05, 4.69) is 59.8 Å². The Bertz CT molecular complexity index is 956. The zero-order valence-electron chi connectivity index (χ0n) is 16.0. The van der Waals surface area contributed by atoms with Gasteiger partial charge in [0.05, 0.1) is 11.4 Å². The van der Waals surface area contributed by atoms with E-state index in [0.717, 1.165) is 33.7 Å².